The Hall–Kier alpha value is -3.22. The predicted octanol–water partition coefficient (Wildman–Crippen LogP) is 4.31. The zero-order valence-corrected chi connectivity index (χ0v) is 14.1. The molecule has 0 unspecified atom stereocenters. The molecule has 0 bridgehead atoms. The average Bonchev–Trinajstić information content (AvgIpc) is 3.00. The molecule has 0 spiro atoms. The van der Waals surface area contributed by atoms with Crippen molar-refractivity contribution in [2.45, 2.75) is 19.8 Å². The number of carbonyl (C=O) groups is 1. The number of benzene rings is 2. The Morgan fingerprint density at radius 3 is 2.88 bits per heavy atom. The van der Waals surface area contributed by atoms with Crippen molar-refractivity contribution in [1.82, 2.24) is 4.98 Å². The Morgan fingerprint density at radius 2 is 2.12 bits per heavy atom. The summed E-state index contributed by atoms with van der Waals surface area (Å²) in [5.41, 5.74) is 2.16. The summed E-state index contributed by atoms with van der Waals surface area (Å²) in [5, 5.41) is 11.8. The molecule has 0 fully saturated rings. The van der Waals surface area contributed by atoms with E-state index in [0.717, 1.165) is 16.5 Å². The van der Waals surface area contributed by atoms with Crippen molar-refractivity contribution >= 4 is 22.6 Å². The van der Waals surface area contributed by atoms with Gasteiger partial charge in [-0.2, -0.15) is 0 Å². The van der Waals surface area contributed by atoms with Gasteiger partial charge in [0.05, 0.1) is 17.1 Å². The minimum Gasteiger partial charge on any atom is -0.462 e. The highest BCUT2D eigenvalue weighted by Gasteiger charge is 2.18. The third-order valence-electron chi connectivity index (χ3n) is 4.27. The highest BCUT2D eigenvalue weighted by molar-refractivity contribution is 5.92. The molecule has 2 aromatic carbocycles. The normalized spacial score (nSPS) is 10.8. The topological polar surface area (TPSA) is 85.2 Å². The van der Waals surface area contributed by atoms with Gasteiger partial charge in [0.25, 0.3) is 5.69 Å². The molecule has 0 saturated carbocycles. The van der Waals surface area contributed by atoms with Crippen LogP contribution in [0.5, 0.6) is 0 Å². The number of fused-ring (bicyclic) bond motifs is 1. The highest BCUT2D eigenvalue weighted by atomic mass is 19.1. The molecule has 0 amide bonds. The minimum atomic E-state index is -0.587. The minimum absolute atomic E-state index is 0.111. The second-order valence-electron chi connectivity index (χ2n) is 5.95. The van der Waals surface area contributed by atoms with E-state index in [1.807, 2.05) is 6.20 Å². The summed E-state index contributed by atoms with van der Waals surface area (Å²) < 4.78 is 18.6. The van der Waals surface area contributed by atoms with Crippen molar-refractivity contribution < 1.29 is 18.8 Å². The molecule has 0 aliphatic carbocycles. The fourth-order valence-electron chi connectivity index (χ4n) is 2.91. The van der Waals surface area contributed by atoms with E-state index in [1.54, 1.807) is 6.07 Å². The first kappa shape index (κ1) is 17.6. The van der Waals surface area contributed by atoms with Crippen LogP contribution < -0.4 is 0 Å². The van der Waals surface area contributed by atoms with Gasteiger partial charge < -0.3 is 9.72 Å². The number of esters is 1. The van der Waals surface area contributed by atoms with E-state index < -0.39 is 10.9 Å². The van der Waals surface area contributed by atoms with Gasteiger partial charge in [-0.3, -0.25) is 10.1 Å². The van der Waals surface area contributed by atoms with Crippen molar-refractivity contribution in [2.75, 3.05) is 6.61 Å². The lowest BCUT2D eigenvalue weighted by atomic mass is 10.1. The van der Waals surface area contributed by atoms with Crippen LogP contribution in [0.3, 0.4) is 0 Å². The number of nitrogens with one attached hydrogen (secondary N) is 1. The molecule has 134 valence electrons. The van der Waals surface area contributed by atoms with Crippen LogP contribution in [-0.4, -0.2) is 22.5 Å². The number of nitro benzene ring substituents is 1. The van der Waals surface area contributed by atoms with E-state index in [2.05, 4.69) is 4.98 Å². The van der Waals surface area contributed by atoms with E-state index in [-0.39, 0.29) is 29.2 Å². The summed E-state index contributed by atoms with van der Waals surface area (Å²) in [4.78, 5) is 25.7. The molecule has 6 nitrogen and oxygen atoms in total. The van der Waals surface area contributed by atoms with Crippen LogP contribution in [0.1, 0.15) is 27.9 Å². The number of H-pyrrole nitrogens is 1. The number of hydrogen-bond acceptors (Lipinski definition) is 4. The lowest BCUT2D eigenvalue weighted by Crippen LogP contribution is -2.09. The molecule has 3 rings (SSSR count). The molecule has 3 aromatic rings. The maximum Gasteiger partial charge on any atom is 0.338 e. The van der Waals surface area contributed by atoms with Crippen LogP contribution in [0.25, 0.3) is 10.9 Å². The van der Waals surface area contributed by atoms with Gasteiger partial charge in [0.1, 0.15) is 5.82 Å². The van der Waals surface area contributed by atoms with Gasteiger partial charge in [0, 0.05) is 28.7 Å². The van der Waals surface area contributed by atoms with Gasteiger partial charge >= 0.3 is 5.97 Å². The largest absolute Gasteiger partial charge is 0.462 e. The molecule has 0 saturated heterocycles. The molecule has 0 radical (unpaired) electrons. The first-order chi connectivity index (χ1) is 12.5. The standard InChI is InChI=1S/C19H17FN2O4/c1-12-15(5-2-6-18(12)22(24)25)19(23)26-9-3-4-13-11-21-17-8-7-14(20)10-16(13)17/h2,5-8,10-11,21H,3-4,9H2,1H3. The number of hydrogen-bond donors (Lipinski definition) is 1. The lowest BCUT2D eigenvalue weighted by molar-refractivity contribution is -0.385. The summed E-state index contributed by atoms with van der Waals surface area (Å²) in [7, 11) is 0. The maximum absolute atomic E-state index is 13.4. The quantitative estimate of drug-likeness (QED) is 0.309. The summed E-state index contributed by atoms with van der Waals surface area (Å²) in [6, 6.07) is 8.86. The molecule has 0 atom stereocenters. The Labute approximate surface area is 148 Å². The Bertz CT molecular complexity index is 981. The molecule has 1 N–H and O–H groups in total. The number of carbonyl (C=O) groups excluding carboxylic acids is 1. The van der Waals surface area contributed by atoms with E-state index in [9.17, 15) is 19.3 Å². The second-order valence-corrected chi connectivity index (χ2v) is 5.95. The van der Waals surface area contributed by atoms with Gasteiger partial charge in [-0.05, 0) is 49.6 Å². The molecular formula is C19H17FN2O4. The van der Waals surface area contributed by atoms with Crippen LogP contribution in [0.15, 0.2) is 42.6 Å². The summed E-state index contributed by atoms with van der Waals surface area (Å²) >= 11 is 0. The monoisotopic (exact) mass is 356 g/mol. The van der Waals surface area contributed by atoms with Crippen molar-refractivity contribution in [1.29, 1.82) is 0 Å². The Balaban J connectivity index is 1.60. The average molecular weight is 356 g/mol. The van der Waals surface area contributed by atoms with Gasteiger partial charge in [0.2, 0.25) is 0 Å². The smallest absolute Gasteiger partial charge is 0.338 e. The summed E-state index contributed by atoms with van der Waals surface area (Å²) in [5.74, 6) is -0.887. The fourth-order valence-corrected chi connectivity index (χ4v) is 2.91. The highest BCUT2D eigenvalue weighted by Crippen LogP contribution is 2.23. The first-order valence-corrected chi connectivity index (χ1v) is 8.14. The Kier molecular flexibility index (Phi) is 4.97. The SMILES string of the molecule is Cc1c(C(=O)OCCCc2c[nH]c3ccc(F)cc23)cccc1[N+](=O)[O-]. The third kappa shape index (κ3) is 3.56. The van der Waals surface area contributed by atoms with E-state index in [0.29, 0.717) is 12.8 Å². The molecular weight excluding hydrogens is 339 g/mol. The molecule has 1 heterocycles. The van der Waals surface area contributed by atoms with Crippen molar-refractivity contribution in [3.8, 4) is 0 Å². The number of nitrogens with zero attached hydrogens (tertiary/aromatic N) is 1. The number of rotatable bonds is 6. The molecule has 1 aromatic heterocycles. The first-order valence-electron chi connectivity index (χ1n) is 8.14. The van der Waals surface area contributed by atoms with Crippen LogP contribution in [0.4, 0.5) is 10.1 Å². The van der Waals surface area contributed by atoms with Crippen LogP contribution >= 0.6 is 0 Å². The number of ether oxygens (including phenoxy) is 1. The molecule has 0 aliphatic heterocycles. The predicted molar refractivity (Wildman–Crippen MR) is 94.7 cm³/mol. The van der Waals surface area contributed by atoms with E-state index in [4.69, 9.17) is 4.74 Å². The summed E-state index contributed by atoms with van der Waals surface area (Å²) in [6.45, 7) is 1.69. The number of aryl methyl sites for hydroxylation is 1. The molecule has 26 heavy (non-hydrogen) atoms. The maximum atomic E-state index is 13.4. The van der Waals surface area contributed by atoms with Crippen molar-refractivity contribution in [3.05, 3.63) is 75.2 Å². The number of aromatic amines is 1. The van der Waals surface area contributed by atoms with Gasteiger partial charge in [-0.25, -0.2) is 9.18 Å². The van der Waals surface area contributed by atoms with E-state index in [1.165, 1.54) is 37.3 Å². The van der Waals surface area contributed by atoms with Gasteiger partial charge in [0.15, 0.2) is 0 Å². The van der Waals surface area contributed by atoms with Crippen molar-refractivity contribution in [3.63, 3.8) is 0 Å². The Morgan fingerprint density at radius 1 is 1.31 bits per heavy atom. The zero-order chi connectivity index (χ0) is 18.7. The zero-order valence-electron chi connectivity index (χ0n) is 14.1. The van der Waals surface area contributed by atoms with Crippen molar-refractivity contribution in [2.24, 2.45) is 0 Å². The number of nitro groups is 1. The van der Waals surface area contributed by atoms with Crippen LogP contribution in [-0.2, 0) is 11.2 Å². The number of halogens is 1. The molecule has 7 heteroatoms. The fraction of sp³-hybridized carbons (Fsp3) is 0.211. The third-order valence-corrected chi connectivity index (χ3v) is 4.27. The van der Waals surface area contributed by atoms with Crippen LogP contribution in [0.2, 0.25) is 0 Å². The van der Waals surface area contributed by atoms with Crippen LogP contribution in [0, 0.1) is 22.9 Å². The second kappa shape index (κ2) is 7.35. The summed E-state index contributed by atoms with van der Waals surface area (Å²) in [6.07, 6.45) is 2.99. The lowest BCUT2D eigenvalue weighted by Gasteiger charge is -2.07. The van der Waals surface area contributed by atoms with Gasteiger partial charge in [-0.15, -0.1) is 0 Å². The van der Waals surface area contributed by atoms with E-state index >= 15 is 0 Å². The van der Waals surface area contributed by atoms with Gasteiger partial charge in [-0.1, -0.05) is 6.07 Å². The number of aromatic nitrogens is 1. The molecule has 0 aliphatic rings.